The molecule has 0 aliphatic carbocycles. The molecule has 0 fully saturated rings. The van der Waals surface area contributed by atoms with Gasteiger partial charge in [-0.25, -0.2) is 0 Å². The zero-order valence-corrected chi connectivity index (χ0v) is 10.2. The predicted molar refractivity (Wildman–Crippen MR) is 67.6 cm³/mol. The predicted octanol–water partition coefficient (Wildman–Crippen LogP) is 2.68. The maximum Gasteiger partial charge on any atom is 0.147 e. The van der Waals surface area contributed by atoms with Crippen molar-refractivity contribution in [2.24, 2.45) is 0 Å². The summed E-state index contributed by atoms with van der Waals surface area (Å²) in [6.45, 7) is 3.84. The molecule has 0 aliphatic heterocycles. The van der Waals surface area contributed by atoms with Crippen LogP contribution < -0.4 is 0 Å². The van der Waals surface area contributed by atoms with Crippen molar-refractivity contribution in [3.63, 3.8) is 0 Å². The van der Waals surface area contributed by atoms with Crippen LogP contribution in [-0.2, 0) is 9.47 Å². The van der Waals surface area contributed by atoms with Crippen molar-refractivity contribution in [3.8, 4) is 0 Å². The molecular formula is C14H20O3. The van der Waals surface area contributed by atoms with Crippen molar-refractivity contribution in [2.45, 2.75) is 25.0 Å². The molecule has 0 saturated carbocycles. The van der Waals surface area contributed by atoms with Gasteiger partial charge in [-0.05, 0) is 12.0 Å². The van der Waals surface area contributed by atoms with Crippen LogP contribution >= 0.6 is 0 Å². The van der Waals surface area contributed by atoms with Gasteiger partial charge in [0, 0.05) is 13.5 Å². The lowest BCUT2D eigenvalue weighted by molar-refractivity contribution is -0.0859. The number of benzene rings is 1. The van der Waals surface area contributed by atoms with Gasteiger partial charge in [-0.2, -0.15) is 0 Å². The molecule has 0 heterocycles. The fraction of sp³-hybridized carbons (Fsp3) is 0.429. The van der Waals surface area contributed by atoms with Gasteiger partial charge in [-0.3, -0.25) is 0 Å². The quantitative estimate of drug-likeness (QED) is 0.557. The second-order valence-corrected chi connectivity index (χ2v) is 3.89. The van der Waals surface area contributed by atoms with E-state index < -0.39 is 6.10 Å². The summed E-state index contributed by atoms with van der Waals surface area (Å²) in [5.74, 6) is 0. The average Bonchev–Trinajstić information content (AvgIpc) is 2.36. The Labute approximate surface area is 103 Å². The number of rotatable bonds is 8. The molecule has 0 spiro atoms. The zero-order valence-electron chi connectivity index (χ0n) is 10.2. The Balaban J connectivity index is 2.63. The fourth-order valence-electron chi connectivity index (χ4n) is 1.65. The van der Waals surface area contributed by atoms with Gasteiger partial charge in [-0.1, -0.05) is 36.4 Å². The molecule has 1 rings (SSSR count). The number of aliphatic hydroxyl groups excluding tert-OH is 1. The van der Waals surface area contributed by atoms with E-state index in [0.717, 1.165) is 5.56 Å². The van der Waals surface area contributed by atoms with Crippen molar-refractivity contribution in [1.29, 1.82) is 0 Å². The summed E-state index contributed by atoms with van der Waals surface area (Å²) in [6.07, 6.45) is 2.24. The average molecular weight is 236 g/mol. The second-order valence-electron chi connectivity index (χ2n) is 3.89. The van der Waals surface area contributed by atoms with Crippen LogP contribution in [0.2, 0.25) is 0 Å². The molecule has 94 valence electrons. The Hall–Kier alpha value is -1.16. The molecular weight excluding hydrogens is 216 g/mol. The lowest BCUT2D eigenvalue weighted by Crippen LogP contribution is -2.15. The first-order valence-corrected chi connectivity index (χ1v) is 5.72. The Morgan fingerprint density at radius 1 is 1.35 bits per heavy atom. The standard InChI is InChI=1S/C14H20O3/c1-3-7-13(15)10-14(17-11-16-2)12-8-5-4-6-9-12/h3-6,8-9,13-15H,1,7,10-11H2,2H3/t13-,14-/m0/s1. The third-order valence-corrected chi connectivity index (χ3v) is 2.48. The number of hydrogen-bond acceptors (Lipinski definition) is 3. The summed E-state index contributed by atoms with van der Waals surface area (Å²) in [5, 5.41) is 9.79. The molecule has 1 N–H and O–H groups in total. The summed E-state index contributed by atoms with van der Waals surface area (Å²) < 4.78 is 10.5. The van der Waals surface area contributed by atoms with Crippen molar-refractivity contribution >= 4 is 0 Å². The number of aliphatic hydroxyl groups is 1. The topological polar surface area (TPSA) is 38.7 Å². The van der Waals surface area contributed by atoms with E-state index in [1.807, 2.05) is 30.3 Å². The monoisotopic (exact) mass is 236 g/mol. The zero-order chi connectivity index (χ0) is 12.5. The van der Waals surface area contributed by atoms with Gasteiger partial charge < -0.3 is 14.6 Å². The van der Waals surface area contributed by atoms with E-state index in [-0.39, 0.29) is 12.9 Å². The molecule has 0 aliphatic rings. The van der Waals surface area contributed by atoms with Gasteiger partial charge in [0.15, 0.2) is 0 Å². The van der Waals surface area contributed by atoms with E-state index in [9.17, 15) is 5.11 Å². The van der Waals surface area contributed by atoms with Crippen LogP contribution in [0, 0.1) is 0 Å². The smallest absolute Gasteiger partial charge is 0.147 e. The van der Waals surface area contributed by atoms with Crippen LogP contribution in [0.3, 0.4) is 0 Å². The normalized spacial score (nSPS) is 14.2. The van der Waals surface area contributed by atoms with E-state index in [1.165, 1.54) is 0 Å². The number of hydrogen-bond donors (Lipinski definition) is 1. The van der Waals surface area contributed by atoms with Crippen LogP contribution in [0.4, 0.5) is 0 Å². The Bertz CT molecular complexity index is 311. The van der Waals surface area contributed by atoms with E-state index >= 15 is 0 Å². The van der Waals surface area contributed by atoms with Gasteiger partial charge in [0.2, 0.25) is 0 Å². The minimum atomic E-state index is -0.436. The van der Waals surface area contributed by atoms with Gasteiger partial charge in [0.05, 0.1) is 12.2 Å². The van der Waals surface area contributed by atoms with Crippen molar-refractivity contribution in [1.82, 2.24) is 0 Å². The SMILES string of the molecule is C=CC[C@H](O)C[C@H](OCOC)c1ccccc1. The molecule has 2 atom stereocenters. The largest absolute Gasteiger partial charge is 0.393 e. The third kappa shape index (κ3) is 5.13. The van der Waals surface area contributed by atoms with E-state index in [2.05, 4.69) is 6.58 Å². The molecule has 1 aromatic carbocycles. The fourth-order valence-corrected chi connectivity index (χ4v) is 1.65. The molecule has 0 amide bonds. The van der Waals surface area contributed by atoms with Crippen LogP contribution in [-0.4, -0.2) is 25.1 Å². The Morgan fingerprint density at radius 2 is 2.06 bits per heavy atom. The molecule has 0 saturated heterocycles. The molecule has 0 aromatic heterocycles. The lowest BCUT2D eigenvalue weighted by atomic mass is 10.0. The van der Waals surface area contributed by atoms with Crippen LogP contribution in [0.5, 0.6) is 0 Å². The van der Waals surface area contributed by atoms with Gasteiger partial charge >= 0.3 is 0 Å². The highest BCUT2D eigenvalue weighted by molar-refractivity contribution is 5.17. The van der Waals surface area contributed by atoms with E-state index in [0.29, 0.717) is 12.8 Å². The summed E-state index contributed by atoms with van der Waals surface area (Å²) in [4.78, 5) is 0. The molecule has 0 bridgehead atoms. The maximum absolute atomic E-state index is 9.79. The summed E-state index contributed by atoms with van der Waals surface area (Å²) in [7, 11) is 1.59. The summed E-state index contributed by atoms with van der Waals surface area (Å²) >= 11 is 0. The maximum atomic E-state index is 9.79. The molecule has 1 aromatic rings. The molecule has 3 nitrogen and oxygen atoms in total. The van der Waals surface area contributed by atoms with Gasteiger partial charge in [-0.15, -0.1) is 6.58 Å². The first-order chi connectivity index (χ1) is 8.27. The first-order valence-electron chi connectivity index (χ1n) is 5.72. The lowest BCUT2D eigenvalue weighted by Gasteiger charge is -2.20. The molecule has 3 heteroatoms. The number of ether oxygens (including phenoxy) is 2. The highest BCUT2D eigenvalue weighted by Crippen LogP contribution is 2.23. The van der Waals surface area contributed by atoms with E-state index in [4.69, 9.17) is 9.47 Å². The minimum absolute atomic E-state index is 0.147. The summed E-state index contributed by atoms with van der Waals surface area (Å²) in [5.41, 5.74) is 1.05. The first kappa shape index (κ1) is 13.9. The van der Waals surface area contributed by atoms with Crippen LogP contribution in [0.25, 0.3) is 0 Å². The van der Waals surface area contributed by atoms with Crippen molar-refractivity contribution < 1.29 is 14.6 Å². The minimum Gasteiger partial charge on any atom is -0.393 e. The Kier molecular flexibility index (Phi) is 6.55. The molecule has 0 radical (unpaired) electrons. The third-order valence-electron chi connectivity index (χ3n) is 2.48. The number of methoxy groups -OCH3 is 1. The summed E-state index contributed by atoms with van der Waals surface area (Å²) in [6, 6.07) is 9.84. The molecule has 17 heavy (non-hydrogen) atoms. The highest BCUT2D eigenvalue weighted by atomic mass is 16.7. The van der Waals surface area contributed by atoms with Crippen molar-refractivity contribution in [3.05, 3.63) is 48.6 Å². The second kappa shape index (κ2) is 8.01. The van der Waals surface area contributed by atoms with Crippen molar-refractivity contribution in [2.75, 3.05) is 13.9 Å². The van der Waals surface area contributed by atoms with Gasteiger partial charge in [0.25, 0.3) is 0 Å². The van der Waals surface area contributed by atoms with Crippen LogP contribution in [0.15, 0.2) is 43.0 Å². The molecule has 0 unspecified atom stereocenters. The highest BCUT2D eigenvalue weighted by Gasteiger charge is 2.16. The van der Waals surface area contributed by atoms with E-state index in [1.54, 1.807) is 13.2 Å². The van der Waals surface area contributed by atoms with Gasteiger partial charge in [0.1, 0.15) is 6.79 Å². The van der Waals surface area contributed by atoms with Crippen LogP contribution in [0.1, 0.15) is 24.5 Å². The Morgan fingerprint density at radius 3 is 2.65 bits per heavy atom.